The van der Waals surface area contributed by atoms with Crippen molar-refractivity contribution in [2.75, 3.05) is 18.5 Å². The number of halogens is 2. The molecule has 3 atom stereocenters. The third-order valence-corrected chi connectivity index (χ3v) is 12.5. The summed E-state index contributed by atoms with van der Waals surface area (Å²) in [6, 6.07) is 9.34. The maximum atomic E-state index is 11.5. The van der Waals surface area contributed by atoms with Crippen LogP contribution in [0.3, 0.4) is 0 Å². The number of aliphatic hydroxyl groups excluding tert-OH is 2. The fourth-order valence-corrected chi connectivity index (χ4v) is 5.61. The van der Waals surface area contributed by atoms with E-state index in [1.165, 1.54) is 6.20 Å². The molecule has 11 heteroatoms. The molecule has 206 valence electrons. The lowest BCUT2D eigenvalue weighted by Crippen LogP contribution is -2.43. The summed E-state index contributed by atoms with van der Waals surface area (Å²) in [5.41, 5.74) is 3.26. The van der Waals surface area contributed by atoms with Crippen LogP contribution in [0.5, 0.6) is 0 Å². The van der Waals surface area contributed by atoms with Crippen molar-refractivity contribution in [3.8, 4) is 11.3 Å². The van der Waals surface area contributed by atoms with Gasteiger partial charge >= 0.3 is 0 Å². The summed E-state index contributed by atoms with van der Waals surface area (Å²) in [7, 11) is -2.03. The average molecular weight is 579 g/mol. The van der Waals surface area contributed by atoms with Crippen LogP contribution < -0.4 is 5.32 Å². The number of nitrogens with zero attached hydrogens (tertiary/aromatic N) is 4. The first-order chi connectivity index (χ1) is 17.8. The fraction of sp³-hybridized carbons (Fsp3) is 0.481. The van der Waals surface area contributed by atoms with Crippen molar-refractivity contribution in [1.29, 1.82) is 0 Å². The summed E-state index contributed by atoms with van der Waals surface area (Å²) >= 11 is 12.8. The smallest absolute Gasteiger partial charge is 0.223 e. The number of aromatic nitrogens is 3. The molecule has 2 aromatic heterocycles. The van der Waals surface area contributed by atoms with Crippen LogP contribution in [0, 0.1) is 0 Å². The van der Waals surface area contributed by atoms with Gasteiger partial charge in [0, 0.05) is 35.1 Å². The van der Waals surface area contributed by atoms with E-state index in [0.29, 0.717) is 34.8 Å². The minimum absolute atomic E-state index is 0.0448. The summed E-state index contributed by atoms with van der Waals surface area (Å²) in [5.74, 6) is 0.378. The van der Waals surface area contributed by atoms with E-state index in [2.05, 4.69) is 49.1 Å². The number of nitrogens with one attached hydrogen (secondary N) is 1. The van der Waals surface area contributed by atoms with Crippen molar-refractivity contribution in [3.05, 3.63) is 64.0 Å². The normalized spacial score (nSPS) is 17.9. The van der Waals surface area contributed by atoms with Gasteiger partial charge in [-0.3, -0.25) is 0 Å². The van der Waals surface area contributed by atoms with Gasteiger partial charge in [-0.1, -0.05) is 56.1 Å². The SMILES string of the molecule is C[C@@H](CO)Nc1ncc(Cl)c(-c2cc3n(c2)C(O)N([C@H](CO[Si](C)(C)C(C)(C)C)c2cccc(Cl)c2)C3)n1. The van der Waals surface area contributed by atoms with Crippen LogP contribution in [0.15, 0.2) is 42.7 Å². The van der Waals surface area contributed by atoms with Gasteiger partial charge in [-0.2, -0.15) is 0 Å². The minimum Gasteiger partial charge on any atom is -0.415 e. The topological polar surface area (TPSA) is 95.7 Å². The number of hydrogen-bond donors (Lipinski definition) is 3. The first-order valence-electron chi connectivity index (χ1n) is 12.7. The molecule has 8 nitrogen and oxygen atoms in total. The number of anilines is 1. The van der Waals surface area contributed by atoms with Gasteiger partial charge in [-0.15, -0.1) is 0 Å². The predicted molar refractivity (Wildman–Crippen MR) is 155 cm³/mol. The molecule has 0 spiro atoms. The van der Waals surface area contributed by atoms with Gasteiger partial charge in [0.15, 0.2) is 14.7 Å². The van der Waals surface area contributed by atoms with E-state index in [1.807, 2.05) is 52.9 Å². The van der Waals surface area contributed by atoms with Crippen LogP contribution in [-0.2, 0) is 11.0 Å². The zero-order valence-electron chi connectivity index (χ0n) is 22.7. The molecule has 1 aliphatic rings. The molecule has 0 saturated carbocycles. The summed E-state index contributed by atoms with van der Waals surface area (Å²) in [6.45, 7) is 13.9. The molecular formula is C27H37Cl2N5O3Si. The van der Waals surface area contributed by atoms with E-state index >= 15 is 0 Å². The molecule has 0 amide bonds. The first-order valence-corrected chi connectivity index (χ1v) is 16.4. The number of fused-ring (bicyclic) bond motifs is 1. The molecule has 0 fully saturated rings. The Morgan fingerprint density at radius 1 is 1.24 bits per heavy atom. The predicted octanol–water partition coefficient (Wildman–Crippen LogP) is 6.07. The Morgan fingerprint density at radius 2 is 1.97 bits per heavy atom. The van der Waals surface area contributed by atoms with E-state index in [1.54, 1.807) is 0 Å². The molecule has 3 N–H and O–H groups in total. The molecule has 0 radical (unpaired) electrons. The molecule has 1 aliphatic heterocycles. The molecule has 1 aromatic carbocycles. The molecule has 0 bridgehead atoms. The van der Waals surface area contributed by atoms with E-state index in [4.69, 9.17) is 27.6 Å². The summed E-state index contributed by atoms with van der Waals surface area (Å²) in [6.07, 6.45) is 2.49. The second kappa shape index (κ2) is 11.2. The van der Waals surface area contributed by atoms with Crippen molar-refractivity contribution >= 4 is 37.5 Å². The number of hydrogen-bond acceptors (Lipinski definition) is 7. The summed E-state index contributed by atoms with van der Waals surface area (Å²) < 4.78 is 8.46. The zero-order chi connectivity index (χ0) is 27.8. The van der Waals surface area contributed by atoms with Crippen LogP contribution in [-0.4, -0.2) is 57.2 Å². The van der Waals surface area contributed by atoms with Gasteiger partial charge in [-0.25, -0.2) is 14.9 Å². The molecule has 4 rings (SSSR count). The second-order valence-electron chi connectivity index (χ2n) is 11.4. The highest BCUT2D eigenvalue weighted by atomic mass is 35.5. The van der Waals surface area contributed by atoms with Crippen molar-refractivity contribution in [1.82, 2.24) is 19.4 Å². The monoisotopic (exact) mass is 577 g/mol. The van der Waals surface area contributed by atoms with Crippen LogP contribution in [0.1, 0.15) is 51.3 Å². The lowest BCUT2D eigenvalue weighted by Gasteiger charge is -2.39. The third-order valence-electron chi connectivity index (χ3n) is 7.53. The average Bonchev–Trinajstić information content (AvgIpc) is 3.39. The third kappa shape index (κ3) is 6.09. The Bertz CT molecular complexity index is 1280. The van der Waals surface area contributed by atoms with Crippen molar-refractivity contribution < 1.29 is 14.6 Å². The van der Waals surface area contributed by atoms with E-state index in [-0.39, 0.29) is 23.7 Å². The summed E-state index contributed by atoms with van der Waals surface area (Å²) in [4.78, 5) is 10.8. The zero-order valence-corrected chi connectivity index (χ0v) is 25.3. The molecule has 38 heavy (non-hydrogen) atoms. The fourth-order valence-electron chi connectivity index (χ4n) is 4.20. The Labute approximate surface area is 235 Å². The van der Waals surface area contributed by atoms with Crippen molar-refractivity contribution in [2.24, 2.45) is 0 Å². The quantitative estimate of drug-likeness (QED) is 0.265. The minimum atomic E-state index is -2.03. The van der Waals surface area contributed by atoms with Crippen LogP contribution in [0.2, 0.25) is 28.2 Å². The Balaban J connectivity index is 1.61. The molecule has 0 saturated heterocycles. The van der Waals surface area contributed by atoms with Gasteiger partial charge in [0.2, 0.25) is 5.95 Å². The van der Waals surface area contributed by atoms with Crippen LogP contribution >= 0.6 is 23.2 Å². The second-order valence-corrected chi connectivity index (χ2v) is 17.1. The summed E-state index contributed by atoms with van der Waals surface area (Å²) in [5, 5.41) is 25.0. The number of benzene rings is 1. The lowest BCUT2D eigenvalue weighted by atomic mass is 10.1. The van der Waals surface area contributed by atoms with E-state index < -0.39 is 14.7 Å². The van der Waals surface area contributed by atoms with Gasteiger partial charge in [0.25, 0.3) is 0 Å². The maximum Gasteiger partial charge on any atom is 0.223 e. The van der Waals surface area contributed by atoms with Gasteiger partial charge < -0.3 is 24.5 Å². The van der Waals surface area contributed by atoms with E-state index in [0.717, 1.165) is 16.8 Å². The van der Waals surface area contributed by atoms with Gasteiger partial charge in [0.05, 0.1) is 36.2 Å². The highest BCUT2D eigenvalue weighted by Gasteiger charge is 2.40. The Hall–Kier alpha value is -1.98. The first kappa shape index (κ1) is 29.0. The van der Waals surface area contributed by atoms with Gasteiger partial charge in [-0.05, 0) is 48.8 Å². The Morgan fingerprint density at radius 3 is 2.61 bits per heavy atom. The van der Waals surface area contributed by atoms with Crippen LogP contribution in [0.4, 0.5) is 5.95 Å². The molecular weight excluding hydrogens is 541 g/mol. The molecule has 3 aromatic rings. The van der Waals surface area contributed by atoms with Crippen molar-refractivity contribution in [3.63, 3.8) is 0 Å². The van der Waals surface area contributed by atoms with Gasteiger partial charge in [0.1, 0.15) is 0 Å². The largest absolute Gasteiger partial charge is 0.415 e. The molecule has 0 aliphatic carbocycles. The standard InChI is InChI=1S/C27H37Cl2N5O3Si/c1-17(15-35)31-25-30-12-22(29)24(32-25)19-11-21-14-34(26(36)33(21)13-19)23(18-8-7-9-20(28)10-18)16-37-38(5,6)27(2,3)4/h7-13,17,23,26,35-36H,14-16H2,1-6H3,(H,30,31,32)/t17-,23+,26?/m0/s1. The van der Waals surface area contributed by atoms with Crippen LogP contribution in [0.25, 0.3) is 11.3 Å². The maximum absolute atomic E-state index is 11.5. The molecule has 1 unspecified atom stereocenters. The number of aliphatic hydroxyl groups is 2. The molecule has 3 heterocycles. The highest BCUT2D eigenvalue weighted by molar-refractivity contribution is 6.74. The Kier molecular flexibility index (Phi) is 8.59. The van der Waals surface area contributed by atoms with E-state index in [9.17, 15) is 10.2 Å². The van der Waals surface area contributed by atoms with Crippen molar-refractivity contribution in [2.45, 2.75) is 70.8 Å². The number of rotatable bonds is 9. The highest BCUT2D eigenvalue weighted by Crippen LogP contribution is 2.41. The lowest BCUT2D eigenvalue weighted by molar-refractivity contribution is -0.0695.